The number of aliphatic imine (C=N–C) groups is 1. The number of halogens is 1. The Kier molecular flexibility index (Phi) is 8.50. The number of benzene rings is 2. The molecule has 10 heteroatoms. The Bertz CT molecular complexity index is 1130. The van der Waals surface area contributed by atoms with Crippen LogP contribution in [0.3, 0.4) is 0 Å². The van der Waals surface area contributed by atoms with Gasteiger partial charge in [-0.2, -0.15) is 0 Å². The molecule has 0 saturated carbocycles. The Morgan fingerprint density at radius 1 is 1.03 bits per heavy atom. The Balaban J connectivity index is 1.36. The maximum atomic E-state index is 13.1. The number of hydrogen-bond donors (Lipinski definition) is 4. The molecule has 5 N–H and O–H groups in total. The summed E-state index contributed by atoms with van der Waals surface area (Å²) in [6.07, 6.45) is 6.95. The van der Waals surface area contributed by atoms with Crippen LogP contribution in [0.2, 0.25) is 0 Å². The van der Waals surface area contributed by atoms with Gasteiger partial charge in [-0.1, -0.05) is 18.6 Å². The number of nitrogens with two attached hydrogens (primary N) is 1. The quantitative estimate of drug-likeness (QED) is 0.366. The first-order valence-electron chi connectivity index (χ1n) is 12.7. The van der Waals surface area contributed by atoms with Crippen LogP contribution >= 0.6 is 0 Å². The molecule has 4 rings (SSSR count). The van der Waals surface area contributed by atoms with Gasteiger partial charge in [-0.05, 0) is 87.3 Å². The van der Waals surface area contributed by atoms with E-state index in [1.165, 1.54) is 49.9 Å². The lowest BCUT2D eigenvalue weighted by atomic mass is 9.82. The van der Waals surface area contributed by atoms with Crippen molar-refractivity contribution < 1.29 is 18.8 Å². The zero-order chi connectivity index (χ0) is 26.3. The molecule has 0 aromatic heterocycles. The van der Waals surface area contributed by atoms with Gasteiger partial charge in [0.2, 0.25) is 5.91 Å². The van der Waals surface area contributed by atoms with E-state index >= 15 is 0 Å². The van der Waals surface area contributed by atoms with Gasteiger partial charge in [-0.25, -0.2) is 4.39 Å². The summed E-state index contributed by atoms with van der Waals surface area (Å²) >= 11 is 0. The minimum Gasteiger partial charge on any atom is -0.367 e. The fourth-order valence-electron chi connectivity index (χ4n) is 4.83. The normalized spacial score (nSPS) is 21.3. The van der Waals surface area contributed by atoms with Gasteiger partial charge in [0.1, 0.15) is 5.82 Å². The largest absolute Gasteiger partial charge is 0.367 e. The molecule has 37 heavy (non-hydrogen) atoms. The van der Waals surface area contributed by atoms with Crippen molar-refractivity contribution >= 4 is 29.7 Å². The van der Waals surface area contributed by atoms with Crippen LogP contribution in [0, 0.1) is 5.82 Å². The third kappa shape index (κ3) is 6.14. The molecule has 1 saturated heterocycles. The topological polar surface area (TPSA) is 129 Å². The highest BCUT2D eigenvalue weighted by Crippen LogP contribution is 2.31. The molecule has 9 nitrogen and oxygen atoms in total. The standard InChI is InChI=1S/C27H33FN6O3/c28-21-10-6-19(7-11-21)24(35)33-22-12-8-20(9-13-22)27(26(29)37)23(31-18-32-27)25(36)30-14-2-5-17-34-15-3-1-4-16-34/h6-13,18,23H,1-5,14-17H2,(H2,29,37)(H,30,36)(H,31,32)(H,33,35). The van der Waals surface area contributed by atoms with Crippen molar-refractivity contribution in [3.05, 3.63) is 65.5 Å². The molecule has 1 fully saturated rings. The zero-order valence-electron chi connectivity index (χ0n) is 20.7. The number of nitrogens with zero attached hydrogens (tertiary/aromatic N) is 2. The highest BCUT2D eigenvalue weighted by Gasteiger charge is 2.52. The molecule has 0 radical (unpaired) electrons. The fourth-order valence-corrected chi connectivity index (χ4v) is 4.83. The number of likely N-dealkylation sites (tertiary alicyclic amines) is 1. The van der Waals surface area contributed by atoms with E-state index in [-0.39, 0.29) is 5.91 Å². The molecule has 2 heterocycles. The van der Waals surface area contributed by atoms with Gasteiger partial charge in [-0.3, -0.25) is 19.4 Å². The number of amides is 3. The SMILES string of the molecule is NC(=O)C1(c2ccc(NC(=O)c3ccc(F)cc3)cc2)NC=NC1C(=O)NCCCCN1CCCCC1. The van der Waals surface area contributed by atoms with Gasteiger partial charge < -0.3 is 26.6 Å². The van der Waals surface area contributed by atoms with E-state index in [0.29, 0.717) is 23.4 Å². The van der Waals surface area contributed by atoms with Crippen molar-refractivity contribution in [1.29, 1.82) is 0 Å². The van der Waals surface area contributed by atoms with E-state index in [4.69, 9.17) is 5.73 Å². The summed E-state index contributed by atoms with van der Waals surface area (Å²) in [6.45, 7) is 3.80. The predicted octanol–water partition coefficient (Wildman–Crippen LogP) is 2.14. The van der Waals surface area contributed by atoms with Crippen molar-refractivity contribution in [3.8, 4) is 0 Å². The number of nitrogens with one attached hydrogen (secondary N) is 3. The lowest BCUT2D eigenvalue weighted by molar-refractivity contribution is -0.131. The highest BCUT2D eigenvalue weighted by atomic mass is 19.1. The van der Waals surface area contributed by atoms with Gasteiger partial charge in [0.25, 0.3) is 11.8 Å². The minimum absolute atomic E-state index is 0.303. The van der Waals surface area contributed by atoms with E-state index in [9.17, 15) is 18.8 Å². The van der Waals surface area contributed by atoms with Gasteiger partial charge in [0.15, 0.2) is 11.6 Å². The van der Waals surface area contributed by atoms with E-state index in [1.807, 2.05) is 0 Å². The molecule has 0 aliphatic carbocycles. The summed E-state index contributed by atoms with van der Waals surface area (Å²) in [6, 6.07) is 10.6. The molecular formula is C27H33FN6O3. The second kappa shape index (κ2) is 12.0. The Morgan fingerprint density at radius 3 is 2.41 bits per heavy atom. The molecule has 2 unspecified atom stereocenters. The number of rotatable bonds is 10. The maximum Gasteiger partial charge on any atom is 0.255 e. The van der Waals surface area contributed by atoms with E-state index in [0.717, 1.165) is 32.5 Å². The van der Waals surface area contributed by atoms with Crippen LogP contribution in [0.5, 0.6) is 0 Å². The number of primary amides is 1. The number of hydrogen-bond acceptors (Lipinski definition) is 6. The Labute approximate surface area is 215 Å². The Morgan fingerprint density at radius 2 is 1.73 bits per heavy atom. The van der Waals surface area contributed by atoms with Crippen LogP contribution in [0.25, 0.3) is 0 Å². The molecule has 3 amide bonds. The predicted molar refractivity (Wildman–Crippen MR) is 140 cm³/mol. The molecule has 0 bridgehead atoms. The average molecular weight is 509 g/mol. The first-order chi connectivity index (χ1) is 17.9. The summed E-state index contributed by atoms with van der Waals surface area (Å²) in [5, 5.41) is 8.52. The summed E-state index contributed by atoms with van der Waals surface area (Å²) in [5.41, 5.74) is 5.46. The molecule has 2 atom stereocenters. The van der Waals surface area contributed by atoms with Crippen molar-refractivity contribution in [1.82, 2.24) is 15.5 Å². The second-order valence-corrected chi connectivity index (χ2v) is 9.44. The number of unbranched alkanes of at least 4 members (excludes halogenated alkanes) is 1. The number of carbonyl (C=O) groups is 3. The molecule has 196 valence electrons. The summed E-state index contributed by atoms with van der Waals surface area (Å²) < 4.78 is 13.1. The average Bonchev–Trinajstić information content (AvgIpc) is 3.36. The summed E-state index contributed by atoms with van der Waals surface area (Å²) in [4.78, 5) is 44.8. The van der Waals surface area contributed by atoms with Gasteiger partial charge in [0.05, 0.1) is 6.34 Å². The van der Waals surface area contributed by atoms with Gasteiger partial charge >= 0.3 is 0 Å². The van der Waals surface area contributed by atoms with Crippen molar-refractivity contribution in [3.63, 3.8) is 0 Å². The molecule has 2 aliphatic heterocycles. The van der Waals surface area contributed by atoms with E-state index < -0.39 is 29.2 Å². The van der Waals surface area contributed by atoms with Crippen LogP contribution in [0.4, 0.5) is 10.1 Å². The monoisotopic (exact) mass is 508 g/mol. The smallest absolute Gasteiger partial charge is 0.255 e. The number of anilines is 1. The summed E-state index contributed by atoms with van der Waals surface area (Å²) in [7, 11) is 0. The molecule has 2 aromatic rings. The van der Waals surface area contributed by atoms with Crippen LogP contribution in [-0.4, -0.2) is 61.2 Å². The third-order valence-corrected chi connectivity index (χ3v) is 6.92. The van der Waals surface area contributed by atoms with Crippen molar-refractivity contribution in [2.24, 2.45) is 10.7 Å². The van der Waals surface area contributed by atoms with Crippen molar-refractivity contribution in [2.75, 3.05) is 31.5 Å². The zero-order valence-corrected chi connectivity index (χ0v) is 20.7. The lowest BCUT2D eigenvalue weighted by Crippen LogP contribution is -2.59. The minimum atomic E-state index is -1.54. The first kappa shape index (κ1) is 26.3. The number of piperidine rings is 1. The van der Waals surface area contributed by atoms with Gasteiger partial charge in [0, 0.05) is 17.8 Å². The van der Waals surface area contributed by atoms with Crippen LogP contribution in [0.1, 0.15) is 48.0 Å². The molecule has 2 aromatic carbocycles. The Hall–Kier alpha value is -3.79. The van der Waals surface area contributed by atoms with Crippen LogP contribution < -0.4 is 21.7 Å². The highest BCUT2D eigenvalue weighted by molar-refractivity contribution is 6.04. The van der Waals surface area contributed by atoms with E-state index in [1.54, 1.807) is 24.3 Å². The second-order valence-electron chi connectivity index (χ2n) is 9.44. The maximum absolute atomic E-state index is 13.1. The van der Waals surface area contributed by atoms with Crippen molar-refractivity contribution in [2.45, 2.75) is 43.7 Å². The van der Waals surface area contributed by atoms with E-state index in [2.05, 4.69) is 25.8 Å². The third-order valence-electron chi connectivity index (χ3n) is 6.92. The van der Waals surface area contributed by atoms with Crippen LogP contribution in [0.15, 0.2) is 53.5 Å². The first-order valence-corrected chi connectivity index (χ1v) is 12.7. The lowest BCUT2D eigenvalue weighted by Gasteiger charge is -2.31. The van der Waals surface area contributed by atoms with Gasteiger partial charge in [-0.15, -0.1) is 0 Å². The molecule has 2 aliphatic rings. The molecule has 0 spiro atoms. The van der Waals surface area contributed by atoms with Crippen LogP contribution in [-0.2, 0) is 15.1 Å². The molecular weight excluding hydrogens is 475 g/mol. The summed E-state index contributed by atoms with van der Waals surface area (Å²) in [5.74, 6) is -1.96. The fraction of sp³-hybridized carbons (Fsp3) is 0.407. The number of carbonyl (C=O) groups excluding carboxylic acids is 3.